The van der Waals surface area contributed by atoms with Gasteiger partial charge in [-0.15, -0.1) is 0 Å². The molecule has 0 atom stereocenters. The molecule has 130 valence electrons. The van der Waals surface area contributed by atoms with Gasteiger partial charge in [-0.2, -0.15) is 19.7 Å². The normalized spacial score (nSPS) is 14.8. The fraction of sp³-hybridized carbons (Fsp3) is 0.438. The summed E-state index contributed by atoms with van der Waals surface area (Å²) in [4.78, 5) is 23.2. The molecule has 0 aromatic carbocycles. The number of hydrogen-bond donors (Lipinski definition) is 1. The number of carbonyl (C=O) groups is 1. The number of hydrogen-bond acceptors (Lipinski definition) is 6. The number of rotatable bonds is 3. The zero-order chi connectivity index (χ0) is 17.7. The first kappa shape index (κ1) is 15.6. The Morgan fingerprint density at radius 3 is 2.72 bits per heavy atom. The lowest BCUT2D eigenvalue weighted by Crippen LogP contribution is -2.60. The molecule has 25 heavy (non-hydrogen) atoms. The molecule has 9 nitrogen and oxygen atoms in total. The van der Waals surface area contributed by atoms with Gasteiger partial charge in [-0.05, 0) is 26.8 Å². The average Bonchev–Trinajstić information content (AvgIpc) is 3.10. The summed E-state index contributed by atoms with van der Waals surface area (Å²) >= 11 is 0. The fourth-order valence-electron chi connectivity index (χ4n) is 3.21. The van der Waals surface area contributed by atoms with Gasteiger partial charge in [0.2, 0.25) is 0 Å². The summed E-state index contributed by atoms with van der Waals surface area (Å²) in [5, 5.41) is 11.5. The van der Waals surface area contributed by atoms with Crippen LogP contribution in [0.2, 0.25) is 0 Å². The average molecular weight is 340 g/mol. The summed E-state index contributed by atoms with van der Waals surface area (Å²) in [5.74, 6) is 1.49. The number of nitrogens with one attached hydrogen (secondary N) is 1. The zero-order valence-electron chi connectivity index (χ0n) is 14.7. The van der Waals surface area contributed by atoms with Crippen LogP contribution in [-0.2, 0) is 7.05 Å². The maximum Gasteiger partial charge on any atom is 0.269 e. The van der Waals surface area contributed by atoms with Crippen molar-refractivity contribution in [2.75, 3.05) is 18.0 Å². The standard InChI is InChI=1S/C16H20N8O/c1-9-5-13(22(4)21-9)14(25)20-12-6-23(7-12)15-10(2)11(3)19-16-17-8-18-24(15)16/h5,8,12H,6-7H2,1-4H3,(H,20,25). The number of aryl methyl sites for hydroxylation is 3. The third-order valence-electron chi connectivity index (χ3n) is 4.63. The smallest absolute Gasteiger partial charge is 0.269 e. The summed E-state index contributed by atoms with van der Waals surface area (Å²) in [6, 6.07) is 1.88. The van der Waals surface area contributed by atoms with Gasteiger partial charge in [0, 0.05) is 31.4 Å². The highest BCUT2D eigenvalue weighted by molar-refractivity contribution is 5.93. The number of fused-ring (bicyclic) bond motifs is 1. The number of anilines is 1. The van der Waals surface area contributed by atoms with Gasteiger partial charge in [0.15, 0.2) is 0 Å². The van der Waals surface area contributed by atoms with E-state index >= 15 is 0 Å². The van der Waals surface area contributed by atoms with Crippen molar-refractivity contribution < 1.29 is 4.79 Å². The molecule has 9 heteroatoms. The molecule has 0 saturated carbocycles. The Morgan fingerprint density at radius 1 is 1.28 bits per heavy atom. The van der Waals surface area contributed by atoms with Crippen LogP contribution in [0.5, 0.6) is 0 Å². The number of nitrogens with zero attached hydrogens (tertiary/aromatic N) is 7. The Morgan fingerprint density at radius 2 is 2.04 bits per heavy atom. The molecule has 4 rings (SSSR count). The Labute approximate surface area is 144 Å². The van der Waals surface area contributed by atoms with E-state index < -0.39 is 0 Å². The third-order valence-corrected chi connectivity index (χ3v) is 4.63. The SMILES string of the molecule is Cc1cc(C(=O)NC2CN(c3c(C)c(C)nc4ncnn34)C2)n(C)n1. The predicted molar refractivity (Wildman–Crippen MR) is 91.7 cm³/mol. The maximum absolute atomic E-state index is 12.4. The van der Waals surface area contributed by atoms with Crippen molar-refractivity contribution >= 4 is 17.5 Å². The van der Waals surface area contributed by atoms with Gasteiger partial charge in [0.25, 0.3) is 11.7 Å². The molecule has 0 unspecified atom stereocenters. The predicted octanol–water partition coefficient (Wildman–Crippen LogP) is 0.402. The van der Waals surface area contributed by atoms with E-state index in [-0.39, 0.29) is 11.9 Å². The van der Waals surface area contributed by atoms with Crippen molar-refractivity contribution in [3.63, 3.8) is 0 Å². The lowest BCUT2D eigenvalue weighted by molar-refractivity contribution is 0.0920. The fourth-order valence-corrected chi connectivity index (χ4v) is 3.21. The summed E-state index contributed by atoms with van der Waals surface area (Å²) in [6.07, 6.45) is 1.51. The minimum Gasteiger partial charge on any atom is -0.352 e. The van der Waals surface area contributed by atoms with Gasteiger partial charge < -0.3 is 10.2 Å². The van der Waals surface area contributed by atoms with Crippen molar-refractivity contribution in [1.82, 2.24) is 34.7 Å². The van der Waals surface area contributed by atoms with Crippen molar-refractivity contribution in [2.45, 2.75) is 26.8 Å². The number of amides is 1. The van der Waals surface area contributed by atoms with Gasteiger partial charge >= 0.3 is 0 Å². The van der Waals surface area contributed by atoms with Crippen LogP contribution in [0, 0.1) is 20.8 Å². The summed E-state index contributed by atoms with van der Waals surface area (Å²) < 4.78 is 3.36. The van der Waals surface area contributed by atoms with E-state index in [1.807, 2.05) is 20.8 Å². The molecule has 0 spiro atoms. The van der Waals surface area contributed by atoms with Crippen LogP contribution in [0.15, 0.2) is 12.4 Å². The zero-order valence-corrected chi connectivity index (χ0v) is 14.7. The lowest BCUT2D eigenvalue weighted by atomic mass is 10.1. The topological polar surface area (TPSA) is 93.2 Å². The van der Waals surface area contributed by atoms with Gasteiger partial charge in [-0.1, -0.05) is 0 Å². The van der Waals surface area contributed by atoms with Crippen LogP contribution in [0.3, 0.4) is 0 Å². The second-order valence-corrected chi connectivity index (χ2v) is 6.49. The van der Waals surface area contributed by atoms with E-state index in [1.54, 1.807) is 22.3 Å². The highest BCUT2D eigenvalue weighted by Crippen LogP contribution is 2.26. The minimum atomic E-state index is -0.0960. The molecule has 1 fully saturated rings. The lowest BCUT2D eigenvalue weighted by Gasteiger charge is -2.41. The second kappa shape index (κ2) is 5.54. The monoisotopic (exact) mass is 340 g/mol. The molecular weight excluding hydrogens is 320 g/mol. The van der Waals surface area contributed by atoms with Crippen LogP contribution in [0.4, 0.5) is 5.82 Å². The van der Waals surface area contributed by atoms with Crippen molar-refractivity contribution in [3.8, 4) is 0 Å². The van der Waals surface area contributed by atoms with E-state index in [1.165, 1.54) is 6.33 Å². The van der Waals surface area contributed by atoms with E-state index in [2.05, 4.69) is 30.4 Å². The van der Waals surface area contributed by atoms with Crippen molar-refractivity contribution in [3.05, 3.63) is 35.0 Å². The van der Waals surface area contributed by atoms with E-state index in [9.17, 15) is 4.79 Å². The Hall–Kier alpha value is -2.97. The molecular formula is C16H20N8O. The van der Waals surface area contributed by atoms with E-state index in [0.717, 1.165) is 35.9 Å². The highest BCUT2D eigenvalue weighted by Gasteiger charge is 2.32. The highest BCUT2D eigenvalue weighted by atomic mass is 16.2. The molecule has 0 aliphatic carbocycles. The van der Waals surface area contributed by atoms with Gasteiger partial charge in [0.05, 0.1) is 11.7 Å². The quantitative estimate of drug-likeness (QED) is 0.742. The Balaban J connectivity index is 1.49. The van der Waals surface area contributed by atoms with Gasteiger partial charge in [0.1, 0.15) is 17.8 Å². The molecule has 0 radical (unpaired) electrons. The third kappa shape index (κ3) is 2.51. The molecule has 1 saturated heterocycles. The molecule has 1 aliphatic rings. The van der Waals surface area contributed by atoms with Gasteiger partial charge in [-0.25, -0.2) is 4.98 Å². The largest absolute Gasteiger partial charge is 0.352 e. The Bertz CT molecular complexity index is 966. The molecule has 0 bridgehead atoms. The number of carbonyl (C=O) groups excluding carboxylic acids is 1. The van der Waals surface area contributed by atoms with Crippen LogP contribution in [-0.4, -0.2) is 54.4 Å². The first-order valence-corrected chi connectivity index (χ1v) is 8.17. The molecule has 1 amide bonds. The minimum absolute atomic E-state index is 0.0918. The van der Waals surface area contributed by atoms with Crippen molar-refractivity contribution in [2.24, 2.45) is 7.05 Å². The second-order valence-electron chi connectivity index (χ2n) is 6.49. The van der Waals surface area contributed by atoms with E-state index in [0.29, 0.717) is 11.5 Å². The summed E-state index contributed by atoms with van der Waals surface area (Å²) in [6.45, 7) is 7.32. The summed E-state index contributed by atoms with van der Waals surface area (Å²) in [5.41, 5.74) is 3.42. The maximum atomic E-state index is 12.4. The molecule has 4 heterocycles. The number of aromatic nitrogens is 6. The van der Waals surface area contributed by atoms with Crippen LogP contribution < -0.4 is 10.2 Å². The molecule has 1 N–H and O–H groups in total. The first-order valence-electron chi connectivity index (χ1n) is 8.17. The molecule has 1 aliphatic heterocycles. The molecule has 3 aromatic heterocycles. The van der Waals surface area contributed by atoms with Crippen LogP contribution >= 0.6 is 0 Å². The van der Waals surface area contributed by atoms with E-state index in [4.69, 9.17) is 0 Å². The molecule has 3 aromatic rings. The Kier molecular flexibility index (Phi) is 3.45. The van der Waals surface area contributed by atoms with Gasteiger partial charge in [-0.3, -0.25) is 9.48 Å². The van der Waals surface area contributed by atoms with Crippen LogP contribution in [0.1, 0.15) is 27.4 Å². The summed E-state index contributed by atoms with van der Waals surface area (Å²) in [7, 11) is 1.78. The van der Waals surface area contributed by atoms with Crippen LogP contribution in [0.25, 0.3) is 5.78 Å². The van der Waals surface area contributed by atoms with Crippen molar-refractivity contribution in [1.29, 1.82) is 0 Å². The first-order chi connectivity index (χ1) is 11.9.